The van der Waals surface area contributed by atoms with Gasteiger partial charge in [-0.2, -0.15) is 0 Å². The lowest BCUT2D eigenvalue weighted by Gasteiger charge is -2.32. The van der Waals surface area contributed by atoms with E-state index >= 15 is 0 Å². The lowest BCUT2D eigenvalue weighted by Crippen LogP contribution is -2.38. The Morgan fingerprint density at radius 2 is 2.19 bits per heavy atom. The molecule has 0 radical (unpaired) electrons. The van der Waals surface area contributed by atoms with E-state index in [0.29, 0.717) is 11.2 Å². The number of nitrogens with two attached hydrogens (primary N) is 1. The second-order valence-corrected chi connectivity index (χ2v) is 6.88. The van der Waals surface area contributed by atoms with E-state index in [0.717, 1.165) is 19.6 Å². The van der Waals surface area contributed by atoms with Gasteiger partial charge in [0, 0.05) is 42.4 Å². The second kappa shape index (κ2) is 6.45. The van der Waals surface area contributed by atoms with Gasteiger partial charge >= 0.3 is 0 Å². The van der Waals surface area contributed by atoms with Crippen molar-refractivity contribution in [1.29, 1.82) is 0 Å². The average molecular weight is 302 g/mol. The summed E-state index contributed by atoms with van der Waals surface area (Å²) in [4.78, 5) is 7.87. The van der Waals surface area contributed by atoms with Crippen LogP contribution in [0.15, 0.2) is 30.5 Å². The maximum atomic E-state index is 5.68. The first kappa shape index (κ1) is 14.4. The molecule has 21 heavy (non-hydrogen) atoms. The zero-order valence-electron chi connectivity index (χ0n) is 12.4. The van der Waals surface area contributed by atoms with Crippen molar-refractivity contribution in [1.82, 2.24) is 9.88 Å². The van der Waals surface area contributed by atoms with Crippen LogP contribution in [0.3, 0.4) is 0 Å². The van der Waals surface area contributed by atoms with Crippen LogP contribution in [0, 0.1) is 6.92 Å². The monoisotopic (exact) mass is 302 g/mol. The Morgan fingerprint density at radius 3 is 2.86 bits per heavy atom. The minimum Gasteiger partial charge on any atom is -0.382 e. The Labute approximate surface area is 130 Å². The molecule has 1 aliphatic heterocycles. The Bertz CT molecular complexity index is 587. The lowest BCUT2D eigenvalue weighted by atomic mass is 10.0. The van der Waals surface area contributed by atoms with Crippen LogP contribution in [0.4, 0.5) is 10.8 Å². The number of thiazole rings is 1. The minimum atomic E-state index is 0.578. The van der Waals surface area contributed by atoms with Crippen molar-refractivity contribution >= 4 is 22.2 Å². The highest BCUT2D eigenvalue weighted by Gasteiger charge is 2.19. The van der Waals surface area contributed by atoms with E-state index in [1.54, 1.807) is 11.3 Å². The van der Waals surface area contributed by atoms with Crippen molar-refractivity contribution in [2.75, 3.05) is 24.1 Å². The van der Waals surface area contributed by atoms with Gasteiger partial charge in [0.25, 0.3) is 0 Å². The van der Waals surface area contributed by atoms with Crippen molar-refractivity contribution < 1.29 is 0 Å². The van der Waals surface area contributed by atoms with Crippen LogP contribution in [-0.2, 0) is 6.54 Å². The number of benzene rings is 1. The topological polar surface area (TPSA) is 54.2 Å². The van der Waals surface area contributed by atoms with Gasteiger partial charge in [-0.3, -0.25) is 4.90 Å². The summed E-state index contributed by atoms with van der Waals surface area (Å²) in [7, 11) is 0. The number of likely N-dealkylation sites (tertiary alicyclic amines) is 1. The summed E-state index contributed by atoms with van der Waals surface area (Å²) in [6.07, 6.45) is 4.27. The maximum Gasteiger partial charge on any atom is 0.180 e. The van der Waals surface area contributed by atoms with E-state index in [9.17, 15) is 0 Å². The normalized spacial score (nSPS) is 17.0. The van der Waals surface area contributed by atoms with E-state index in [4.69, 9.17) is 5.73 Å². The van der Waals surface area contributed by atoms with Crippen molar-refractivity contribution in [2.45, 2.75) is 32.4 Å². The smallest absolute Gasteiger partial charge is 0.180 e. The van der Waals surface area contributed by atoms with Crippen LogP contribution in [0.1, 0.15) is 23.3 Å². The molecular formula is C16H22N4S. The highest BCUT2D eigenvalue weighted by Crippen LogP contribution is 2.21. The van der Waals surface area contributed by atoms with E-state index in [2.05, 4.69) is 46.4 Å². The molecule has 0 unspecified atom stereocenters. The van der Waals surface area contributed by atoms with Crippen molar-refractivity contribution in [3.05, 3.63) is 40.9 Å². The van der Waals surface area contributed by atoms with Crippen LogP contribution in [0.25, 0.3) is 0 Å². The predicted octanol–water partition coefficient (Wildman–Crippen LogP) is 3.11. The standard InChI is InChI=1S/C16H22N4S/c1-12-3-2-4-14(9-12)19-13-5-7-20(8-6-13)11-15-10-18-16(17)21-15/h2-4,9-10,13,19H,5-8,11H2,1H3,(H2,17,18). The van der Waals surface area contributed by atoms with Crippen molar-refractivity contribution in [3.63, 3.8) is 0 Å². The van der Waals surface area contributed by atoms with Gasteiger partial charge in [-0.25, -0.2) is 4.98 Å². The number of aryl methyl sites for hydroxylation is 1. The quantitative estimate of drug-likeness (QED) is 0.911. The zero-order chi connectivity index (χ0) is 14.7. The first-order chi connectivity index (χ1) is 10.2. The minimum absolute atomic E-state index is 0.578. The molecule has 0 aliphatic carbocycles. The SMILES string of the molecule is Cc1cccc(NC2CCN(Cc3cnc(N)s3)CC2)c1. The first-order valence-corrected chi connectivity index (χ1v) is 8.26. The number of nitrogens with one attached hydrogen (secondary N) is 1. The van der Waals surface area contributed by atoms with Gasteiger partial charge in [0.05, 0.1) is 0 Å². The first-order valence-electron chi connectivity index (χ1n) is 7.45. The summed E-state index contributed by atoms with van der Waals surface area (Å²) in [5.74, 6) is 0. The molecule has 112 valence electrons. The summed E-state index contributed by atoms with van der Waals surface area (Å²) < 4.78 is 0. The van der Waals surface area contributed by atoms with Crippen LogP contribution in [0.2, 0.25) is 0 Å². The molecule has 0 spiro atoms. The van der Waals surface area contributed by atoms with E-state index in [-0.39, 0.29) is 0 Å². The average Bonchev–Trinajstić information content (AvgIpc) is 2.86. The van der Waals surface area contributed by atoms with Gasteiger partial charge < -0.3 is 11.1 Å². The highest BCUT2D eigenvalue weighted by molar-refractivity contribution is 7.15. The molecule has 3 rings (SSSR count). The number of nitrogen functional groups attached to an aromatic ring is 1. The molecule has 1 aliphatic rings. The predicted molar refractivity (Wildman–Crippen MR) is 89.6 cm³/mol. The zero-order valence-corrected chi connectivity index (χ0v) is 13.2. The summed E-state index contributed by atoms with van der Waals surface area (Å²) >= 11 is 1.60. The summed E-state index contributed by atoms with van der Waals surface area (Å²) in [5, 5.41) is 4.32. The molecule has 0 amide bonds. The largest absolute Gasteiger partial charge is 0.382 e. The van der Waals surface area contributed by atoms with Gasteiger partial charge in [-0.05, 0) is 37.5 Å². The molecule has 1 saturated heterocycles. The van der Waals surface area contributed by atoms with Gasteiger partial charge in [0.15, 0.2) is 5.13 Å². The molecule has 1 aromatic heterocycles. The third-order valence-corrected chi connectivity index (χ3v) is 4.74. The molecule has 0 saturated carbocycles. The van der Waals surface area contributed by atoms with Crippen LogP contribution in [-0.4, -0.2) is 29.0 Å². The summed E-state index contributed by atoms with van der Waals surface area (Å²) in [6, 6.07) is 9.19. The fourth-order valence-corrected chi connectivity index (χ4v) is 3.55. The van der Waals surface area contributed by atoms with Crippen LogP contribution >= 0.6 is 11.3 Å². The summed E-state index contributed by atoms with van der Waals surface area (Å²) in [6.45, 7) is 5.36. The molecule has 4 nitrogen and oxygen atoms in total. The lowest BCUT2D eigenvalue weighted by molar-refractivity contribution is 0.213. The number of piperidine rings is 1. The van der Waals surface area contributed by atoms with Gasteiger partial charge in [-0.1, -0.05) is 12.1 Å². The molecule has 0 bridgehead atoms. The number of aromatic nitrogens is 1. The molecule has 1 aromatic carbocycles. The third-order valence-electron chi connectivity index (χ3n) is 3.93. The van der Waals surface area contributed by atoms with Crippen molar-refractivity contribution in [3.8, 4) is 0 Å². The molecule has 5 heteroatoms. The van der Waals surface area contributed by atoms with Gasteiger partial charge in [0.2, 0.25) is 0 Å². The van der Waals surface area contributed by atoms with Gasteiger partial charge in [0.1, 0.15) is 0 Å². The molecule has 3 N–H and O–H groups in total. The molecule has 2 aromatic rings. The van der Waals surface area contributed by atoms with E-state index < -0.39 is 0 Å². The molecule has 1 fully saturated rings. The Balaban J connectivity index is 1.48. The maximum absolute atomic E-state index is 5.68. The fraction of sp³-hybridized carbons (Fsp3) is 0.438. The number of hydrogen-bond donors (Lipinski definition) is 2. The fourth-order valence-electron chi connectivity index (χ4n) is 2.82. The number of rotatable bonds is 4. The van der Waals surface area contributed by atoms with E-state index in [1.165, 1.54) is 29.0 Å². The molecular weight excluding hydrogens is 280 g/mol. The Kier molecular flexibility index (Phi) is 4.41. The number of anilines is 2. The van der Waals surface area contributed by atoms with Crippen LogP contribution < -0.4 is 11.1 Å². The van der Waals surface area contributed by atoms with E-state index in [1.807, 2.05) is 6.20 Å². The highest BCUT2D eigenvalue weighted by atomic mass is 32.1. The molecule has 0 atom stereocenters. The third kappa shape index (κ3) is 3.95. The summed E-state index contributed by atoms with van der Waals surface area (Å²) in [5.41, 5.74) is 8.23. The van der Waals surface area contributed by atoms with Crippen molar-refractivity contribution in [2.24, 2.45) is 0 Å². The Hall–Kier alpha value is -1.59. The molecule has 2 heterocycles. The number of nitrogens with zero attached hydrogens (tertiary/aromatic N) is 2. The van der Waals surface area contributed by atoms with Gasteiger partial charge in [-0.15, -0.1) is 11.3 Å². The van der Waals surface area contributed by atoms with Crippen LogP contribution in [0.5, 0.6) is 0 Å². The second-order valence-electron chi connectivity index (χ2n) is 5.73. The Morgan fingerprint density at radius 1 is 1.38 bits per heavy atom. The number of hydrogen-bond acceptors (Lipinski definition) is 5.